The first-order chi connectivity index (χ1) is 13.9. The maximum atomic E-state index is 13.0. The standard InChI is InChI=1S/C20H18FN3O5/c1-13(16-5-2-3-6-17(16)24(26)27)28-19(25)8-4-7-18-22-20(23-29-18)14-9-11-15(21)12-10-14/h2-3,5-6,9-13H,4,7-8H2,1H3/t13-/m0/s1. The number of aromatic nitrogens is 2. The summed E-state index contributed by atoms with van der Waals surface area (Å²) in [6, 6.07) is 11.8. The lowest BCUT2D eigenvalue weighted by Crippen LogP contribution is -2.10. The minimum atomic E-state index is -0.738. The van der Waals surface area contributed by atoms with Crippen LogP contribution in [0.5, 0.6) is 0 Å². The lowest BCUT2D eigenvalue weighted by atomic mass is 10.1. The van der Waals surface area contributed by atoms with E-state index in [1.165, 1.54) is 18.2 Å². The number of hydrogen-bond acceptors (Lipinski definition) is 7. The smallest absolute Gasteiger partial charge is 0.306 e. The Morgan fingerprint density at radius 3 is 2.69 bits per heavy atom. The quantitative estimate of drug-likeness (QED) is 0.313. The molecule has 1 atom stereocenters. The van der Waals surface area contributed by atoms with Crippen molar-refractivity contribution in [3.63, 3.8) is 0 Å². The van der Waals surface area contributed by atoms with Crippen LogP contribution in [-0.4, -0.2) is 21.0 Å². The largest absolute Gasteiger partial charge is 0.458 e. The first-order valence-corrected chi connectivity index (χ1v) is 8.95. The third kappa shape index (κ3) is 5.22. The highest BCUT2D eigenvalue weighted by Gasteiger charge is 2.21. The van der Waals surface area contributed by atoms with Crippen molar-refractivity contribution in [2.24, 2.45) is 0 Å². The van der Waals surface area contributed by atoms with E-state index in [0.29, 0.717) is 35.7 Å². The Morgan fingerprint density at radius 2 is 1.97 bits per heavy atom. The second-order valence-corrected chi connectivity index (χ2v) is 6.32. The van der Waals surface area contributed by atoms with E-state index in [1.807, 2.05) is 0 Å². The van der Waals surface area contributed by atoms with Gasteiger partial charge in [0.2, 0.25) is 11.7 Å². The highest BCUT2D eigenvalue weighted by Crippen LogP contribution is 2.27. The molecule has 0 fully saturated rings. The van der Waals surface area contributed by atoms with Crippen LogP contribution < -0.4 is 0 Å². The van der Waals surface area contributed by atoms with Gasteiger partial charge in [0.15, 0.2) is 0 Å². The van der Waals surface area contributed by atoms with Crippen molar-refractivity contribution < 1.29 is 23.4 Å². The highest BCUT2D eigenvalue weighted by atomic mass is 19.1. The fraction of sp³-hybridized carbons (Fsp3) is 0.250. The van der Waals surface area contributed by atoms with E-state index in [2.05, 4.69) is 10.1 Å². The van der Waals surface area contributed by atoms with Gasteiger partial charge in [0.05, 0.1) is 10.5 Å². The number of para-hydroxylation sites is 1. The van der Waals surface area contributed by atoms with E-state index in [-0.39, 0.29) is 17.9 Å². The summed E-state index contributed by atoms with van der Waals surface area (Å²) in [6.45, 7) is 1.59. The predicted octanol–water partition coefficient (Wildman–Crippen LogP) is 4.41. The van der Waals surface area contributed by atoms with Crippen LogP contribution in [0.3, 0.4) is 0 Å². The van der Waals surface area contributed by atoms with Gasteiger partial charge < -0.3 is 9.26 Å². The molecule has 2 aromatic carbocycles. The van der Waals surface area contributed by atoms with Gasteiger partial charge >= 0.3 is 5.97 Å². The summed E-state index contributed by atoms with van der Waals surface area (Å²) in [4.78, 5) is 26.9. The molecule has 1 heterocycles. The zero-order chi connectivity index (χ0) is 20.8. The number of rotatable bonds is 8. The molecule has 3 aromatic rings. The van der Waals surface area contributed by atoms with Gasteiger partial charge in [-0.25, -0.2) is 4.39 Å². The molecule has 0 aliphatic carbocycles. The van der Waals surface area contributed by atoms with Gasteiger partial charge in [0, 0.05) is 24.5 Å². The molecule has 0 saturated carbocycles. The zero-order valence-electron chi connectivity index (χ0n) is 15.6. The fourth-order valence-corrected chi connectivity index (χ4v) is 2.77. The van der Waals surface area contributed by atoms with Crippen LogP contribution in [0.4, 0.5) is 10.1 Å². The van der Waals surface area contributed by atoms with Crippen molar-refractivity contribution in [2.75, 3.05) is 0 Å². The fourth-order valence-electron chi connectivity index (χ4n) is 2.77. The number of benzene rings is 2. The van der Waals surface area contributed by atoms with Gasteiger partial charge in [0.25, 0.3) is 5.69 Å². The summed E-state index contributed by atoms with van der Waals surface area (Å²) >= 11 is 0. The minimum absolute atomic E-state index is 0.0908. The first-order valence-electron chi connectivity index (χ1n) is 8.95. The van der Waals surface area contributed by atoms with Gasteiger partial charge in [-0.15, -0.1) is 0 Å². The van der Waals surface area contributed by atoms with Crippen LogP contribution >= 0.6 is 0 Å². The maximum Gasteiger partial charge on any atom is 0.306 e. The summed E-state index contributed by atoms with van der Waals surface area (Å²) in [6.07, 6.45) is 0.133. The van der Waals surface area contributed by atoms with Crippen molar-refractivity contribution >= 4 is 11.7 Å². The average molecular weight is 399 g/mol. The maximum absolute atomic E-state index is 13.0. The molecule has 150 valence electrons. The SMILES string of the molecule is C[C@H](OC(=O)CCCc1nc(-c2ccc(F)cc2)no1)c1ccccc1[N+](=O)[O-]. The number of nitrogens with zero attached hydrogens (tertiary/aromatic N) is 3. The van der Waals surface area contributed by atoms with Crippen LogP contribution in [0.1, 0.15) is 37.3 Å². The number of carbonyl (C=O) groups excluding carboxylic acids is 1. The Kier molecular flexibility index (Phi) is 6.28. The van der Waals surface area contributed by atoms with E-state index >= 15 is 0 Å². The molecule has 0 amide bonds. The van der Waals surface area contributed by atoms with Crippen LogP contribution in [0.25, 0.3) is 11.4 Å². The molecule has 0 radical (unpaired) electrons. The predicted molar refractivity (Wildman–Crippen MR) is 100 cm³/mol. The van der Waals surface area contributed by atoms with Gasteiger partial charge in [-0.1, -0.05) is 17.3 Å². The van der Waals surface area contributed by atoms with Crippen LogP contribution in [0.15, 0.2) is 53.1 Å². The number of ether oxygens (including phenoxy) is 1. The number of aryl methyl sites for hydroxylation is 1. The lowest BCUT2D eigenvalue weighted by molar-refractivity contribution is -0.386. The summed E-state index contributed by atoms with van der Waals surface area (Å²) in [5.41, 5.74) is 0.873. The Balaban J connectivity index is 1.50. The second-order valence-electron chi connectivity index (χ2n) is 6.32. The second kappa shape index (κ2) is 9.05. The number of nitro groups is 1. The third-order valence-corrected chi connectivity index (χ3v) is 4.22. The van der Waals surface area contributed by atoms with Gasteiger partial charge in [-0.05, 0) is 43.7 Å². The van der Waals surface area contributed by atoms with E-state index < -0.39 is 17.0 Å². The molecule has 1 aromatic heterocycles. The molecule has 9 heteroatoms. The molecule has 0 saturated heterocycles. The molecule has 0 aliphatic heterocycles. The first kappa shape index (κ1) is 20.1. The number of esters is 1. The molecule has 8 nitrogen and oxygen atoms in total. The molecule has 0 bridgehead atoms. The molecule has 29 heavy (non-hydrogen) atoms. The van der Waals surface area contributed by atoms with Crippen molar-refractivity contribution in [3.05, 3.63) is 75.9 Å². The van der Waals surface area contributed by atoms with Crippen molar-refractivity contribution in [2.45, 2.75) is 32.3 Å². The summed E-state index contributed by atoms with van der Waals surface area (Å²) in [7, 11) is 0. The number of halogens is 1. The summed E-state index contributed by atoms with van der Waals surface area (Å²) < 4.78 is 23.4. The molecular formula is C20H18FN3O5. The number of carbonyl (C=O) groups is 1. The Bertz CT molecular complexity index is 1000. The van der Waals surface area contributed by atoms with E-state index in [0.717, 1.165) is 0 Å². The molecule has 0 spiro atoms. The summed E-state index contributed by atoms with van der Waals surface area (Å²) in [5.74, 6) is -0.142. The minimum Gasteiger partial charge on any atom is -0.458 e. The van der Waals surface area contributed by atoms with Crippen molar-refractivity contribution in [1.82, 2.24) is 10.1 Å². The molecular weight excluding hydrogens is 381 g/mol. The molecule has 0 unspecified atom stereocenters. The van der Waals surface area contributed by atoms with E-state index in [4.69, 9.17) is 9.26 Å². The Hall–Kier alpha value is -3.62. The number of nitro benzene ring substituents is 1. The van der Waals surface area contributed by atoms with Crippen molar-refractivity contribution in [3.8, 4) is 11.4 Å². The normalized spacial score (nSPS) is 11.8. The van der Waals surface area contributed by atoms with E-state index in [1.54, 1.807) is 37.3 Å². The van der Waals surface area contributed by atoms with Crippen LogP contribution in [0.2, 0.25) is 0 Å². The monoisotopic (exact) mass is 399 g/mol. The topological polar surface area (TPSA) is 108 Å². The zero-order valence-corrected chi connectivity index (χ0v) is 15.6. The average Bonchev–Trinajstić information content (AvgIpc) is 3.17. The number of hydrogen-bond donors (Lipinski definition) is 0. The van der Waals surface area contributed by atoms with Crippen molar-refractivity contribution in [1.29, 1.82) is 0 Å². The van der Waals surface area contributed by atoms with Gasteiger partial charge in [0.1, 0.15) is 11.9 Å². The third-order valence-electron chi connectivity index (χ3n) is 4.22. The van der Waals surface area contributed by atoms with Crippen LogP contribution in [-0.2, 0) is 16.0 Å². The highest BCUT2D eigenvalue weighted by molar-refractivity contribution is 5.69. The van der Waals surface area contributed by atoms with Gasteiger partial charge in [-0.3, -0.25) is 14.9 Å². The van der Waals surface area contributed by atoms with Gasteiger partial charge in [-0.2, -0.15) is 4.98 Å². The molecule has 0 N–H and O–H groups in total. The van der Waals surface area contributed by atoms with E-state index in [9.17, 15) is 19.3 Å². The lowest BCUT2D eigenvalue weighted by Gasteiger charge is -2.13. The Morgan fingerprint density at radius 1 is 1.24 bits per heavy atom. The Labute approximate surface area is 165 Å². The summed E-state index contributed by atoms with van der Waals surface area (Å²) in [5, 5.41) is 14.9. The molecule has 0 aliphatic rings. The molecule has 3 rings (SSSR count). The van der Waals surface area contributed by atoms with Crippen LogP contribution in [0, 0.1) is 15.9 Å².